The minimum absolute atomic E-state index is 0.626. The van der Waals surface area contributed by atoms with E-state index in [-0.39, 0.29) is 0 Å². The Morgan fingerprint density at radius 2 is 1.30 bits per heavy atom. The molecule has 0 aromatic heterocycles. The summed E-state index contributed by atoms with van der Waals surface area (Å²) in [6, 6.07) is 0.809. The molecule has 7 heteroatoms. The molecule has 0 rings (SSSR count). The summed E-state index contributed by atoms with van der Waals surface area (Å²) < 4.78 is 23.5. The average molecular weight is 344 g/mol. The zero-order chi connectivity index (χ0) is 15.5. The maximum atomic E-state index is 5.99. The minimum atomic E-state index is -2.50. The van der Waals surface area contributed by atoms with Gasteiger partial charge in [0.25, 0.3) is 0 Å². The Balaban J connectivity index is 4.31. The van der Waals surface area contributed by atoms with Crippen LogP contribution in [-0.4, -0.2) is 47.6 Å². The third-order valence-electron chi connectivity index (χ3n) is 3.04. The monoisotopic (exact) mass is 343 g/mol. The number of hydrogen-bond acceptors (Lipinski definition) is 5. The Hall–Kier alpha value is 0.837. The lowest BCUT2D eigenvalue weighted by Gasteiger charge is -2.28. The second-order valence-corrected chi connectivity index (χ2v) is 12.5. The fourth-order valence-corrected chi connectivity index (χ4v) is 6.04. The lowest BCUT2D eigenvalue weighted by molar-refractivity contribution is 0.0698. The Labute approximate surface area is 131 Å². The largest absolute Gasteiger partial charge is 0.501 e. The molecule has 0 aliphatic heterocycles. The van der Waals surface area contributed by atoms with Crippen molar-refractivity contribution >= 4 is 27.7 Å². The molecule has 0 unspecified atom stereocenters. The number of thiol groups is 1. The highest BCUT2D eigenvalue weighted by Gasteiger charge is 2.40. The third kappa shape index (κ3) is 7.73. The highest BCUT2D eigenvalue weighted by atomic mass is 32.7. The Morgan fingerprint density at radius 3 is 1.65 bits per heavy atom. The van der Waals surface area contributed by atoms with E-state index in [0.717, 1.165) is 24.8 Å². The molecule has 0 N–H and O–H groups in total. The van der Waals surface area contributed by atoms with Gasteiger partial charge in [-0.05, 0) is 41.0 Å². The fraction of sp³-hybridized carbons (Fsp3) is 1.00. The predicted octanol–water partition coefficient (Wildman–Crippen LogP) is 4.26. The minimum Gasteiger partial charge on any atom is -0.374 e. The first kappa shape index (κ1) is 20.8. The van der Waals surface area contributed by atoms with Gasteiger partial charge in [-0.3, -0.25) is 0 Å². The fourth-order valence-electron chi connectivity index (χ4n) is 1.93. The van der Waals surface area contributed by atoms with Gasteiger partial charge >= 0.3 is 8.80 Å². The quantitative estimate of drug-likeness (QED) is 0.235. The molecule has 0 atom stereocenters. The number of rotatable bonds is 13. The summed E-state index contributed by atoms with van der Waals surface area (Å²) in [6.45, 7) is 11.3. The van der Waals surface area contributed by atoms with E-state index >= 15 is 0 Å². The average Bonchev–Trinajstić information content (AvgIpc) is 2.44. The smallest absolute Gasteiger partial charge is 0.374 e. The Morgan fingerprint density at radius 1 is 0.850 bits per heavy atom. The normalized spacial score (nSPS) is 12.9. The summed E-state index contributed by atoms with van der Waals surface area (Å²) in [5.41, 5.74) is 0. The van der Waals surface area contributed by atoms with Crippen molar-refractivity contribution < 1.29 is 17.8 Å². The van der Waals surface area contributed by atoms with Crippen molar-refractivity contribution in [3.63, 3.8) is 0 Å². The molecule has 0 saturated carbocycles. The van der Waals surface area contributed by atoms with Crippen LogP contribution in [0.3, 0.4) is 0 Å². The molecule has 0 amide bonds. The van der Waals surface area contributed by atoms with E-state index in [1.165, 1.54) is 0 Å². The highest BCUT2D eigenvalue weighted by Crippen LogP contribution is 2.63. The zero-order valence-corrected chi connectivity index (χ0v) is 16.5. The summed E-state index contributed by atoms with van der Waals surface area (Å²) in [6.07, 6.45) is 2.92. The Kier molecular flexibility index (Phi) is 11.9. The summed E-state index contributed by atoms with van der Waals surface area (Å²) >= 11 is 4.69. The van der Waals surface area contributed by atoms with E-state index in [1.54, 1.807) is 0 Å². The van der Waals surface area contributed by atoms with Crippen LogP contribution in [-0.2, 0) is 17.8 Å². The van der Waals surface area contributed by atoms with Crippen LogP contribution in [0.2, 0.25) is 6.04 Å². The lowest BCUT2D eigenvalue weighted by atomic mass is 10.5. The molecule has 0 bridgehead atoms. The van der Waals surface area contributed by atoms with Crippen LogP contribution in [0.25, 0.3) is 0 Å². The summed E-state index contributed by atoms with van der Waals surface area (Å²) in [5, 5.41) is 0. The first-order valence-corrected chi connectivity index (χ1v) is 12.8. The van der Waals surface area contributed by atoms with Gasteiger partial charge in [0.05, 0.1) is 18.9 Å². The van der Waals surface area contributed by atoms with Crippen LogP contribution in [0, 0.1) is 0 Å². The zero-order valence-electron chi connectivity index (χ0n) is 13.7. The number of hydrogen-bond donors (Lipinski definition) is 1. The van der Waals surface area contributed by atoms with Gasteiger partial charge in [-0.2, -0.15) is 0 Å². The van der Waals surface area contributed by atoms with E-state index in [0.29, 0.717) is 26.4 Å². The maximum Gasteiger partial charge on any atom is 0.501 e. The van der Waals surface area contributed by atoms with Crippen molar-refractivity contribution in [1.82, 2.24) is 0 Å². The Bertz CT molecular complexity index is 225. The first-order chi connectivity index (χ1) is 9.51. The van der Waals surface area contributed by atoms with Crippen LogP contribution < -0.4 is 0 Å². The van der Waals surface area contributed by atoms with Gasteiger partial charge in [-0.1, -0.05) is 0 Å². The molecule has 0 radical (unpaired) electrons. The van der Waals surface area contributed by atoms with Crippen molar-refractivity contribution in [3.05, 3.63) is 0 Å². The van der Waals surface area contributed by atoms with Crippen LogP contribution in [0.4, 0.5) is 0 Å². The van der Waals surface area contributed by atoms with E-state index in [4.69, 9.17) is 30.1 Å². The standard InChI is InChI=1S/C13H32O4PSSi/c1-6-15-20(16-7-2,17-8-3)13-11-12-14-18(19,9-4)10-5/h19H,6-13H2,1-5H3/q+1. The maximum absolute atomic E-state index is 5.99. The molecule has 0 aromatic carbocycles. The van der Waals surface area contributed by atoms with Crippen LogP contribution in [0.15, 0.2) is 0 Å². The molecule has 0 aliphatic rings. The molecule has 0 spiro atoms. The van der Waals surface area contributed by atoms with E-state index in [9.17, 15) is 0 Å². The van der Waals surface area contributed by atoms with Crippen LogP contribution in [0.1, 0.15) is 41.0 Å². The van der Waals surface area contributed by atoms with Gasteiger partial charge in [-0.25, -0.2) is 4.52 Å². The second kappa shape index (κ2) is 11.4. The molecule has 4 nitrogen and oxygen atoms in total. The molecular weight excluding hydrogens is 311 g/mol. The van der Waals surface area contributed by atoms with Crippen molar-refractivity contribution in [1.29, 1.82) is 0 Å². The molecule has 0 aromatic rings. The van der Waals surface area contributed by atoms with E-state index < -0.39 is 15.5 Å². The van der Waals surface area contributed by atoms with Gasteiger partial charge < -0.3 is 13.3 Å². The van der Waals surface area contributed by atoms with Crippen LogP contribution >= 0.6 is 18.9 Å². The SMILES string of the molecule is CCO[Si](CCCO[P+](S)(CC)CC)(OCC)OCC. The van der Waals surface area contributed by atoms with Crippen molar-refractivity contribution in [2.45, 2.75) is 47.1 Å². The van der Waals surface area contributed by atoms with Crippen molar-refractivity contribution in [3.8, 4) is 0 Å². The second-order valence-electron chi connectivity index (χ2n) is 4.40. The summed E-state index contributed by atoms with van der Waals surface area (Å²) in [5.74, 6) is 0. The topological polar surface area (TPSA) is 36.9 Å². The van der Waals surface area contributed by atoms with Gasteiger partial charge in [0, 0.05) is 38.1 Å². The summed E-state index contributed by atoms with van der Waals surface area (Å²) in [7, 11) is -2.50. The molecule has 20 heavy (non-hydrogen) atoms. The van der Waals surface area contributed by atoms with Crippen molar-refractivity contribution in [2.24, 2.45) is 0 Å². The molecule has 0 aliphatic carbocycles. The molecule has 0 heterocycles. The third-order valence-corrected chi connectivity index (χ3v) is 10.9. The molecular formula is C13H32O4PSSi+. The van der Waals surface area contributed by atoms with Crippen molar-refractivity contribution in [2.75, 3.05) is 38.8 Å². The molecule has 0 fully saturated rings. The van der Waals surface area contributed by atoms with E-state index in [2.05, 4.69) is 13.8 Å². The summed E-state index contributed by atoms with van der Waals surface area (Å²) in [4.78, 5) is 0. The van der Waals surface area contributed by atoms with Gasteiger partial charge in [0.15, 0.2) is 6.69 Å². The molecule has 0 saturated heterocycles. The van der Waals surface area contributed by atoms with Crippen LogP contribution in [0.5, 0.6) is 0 Å². The first-order valence-electron chi connectivity index (χ1n) is 7.67. The van der Waals surface area contributed by atoms with Gasteiger partial charge in [0.2, 0.25) is 0 Å². The molecule has 122 valence electrons. The highest BCUT2D eigenvalue weighted by molar-refractivity contribution is 8.51. The van der Waals surface area contributed by atoms with E-state index in [1.807, 2.05) is 20.8 Å². The van der Waals surface area contributed by atoms with Gasteiger partial charge in [0.1, 0.15) is 0 Å². The lowest BCUT2D eigenvalue weighted by Crippen LogP contribution is -2.46. The van der Waals surface area contributed by atoms with Gasteiger partial charge in [-0.15, -0.1) is 0 Å². The predicted molar refractivity (Wildman–Crippen MR) is 93.0 cm³/mol.